The molecule has 0 amide bonds. The number of nitrogen functional groups attached to an aromatic ring is 1. The lowest BCUT2D eigenvalue weighted by atomic mass is 10.2. The van der Waals surface area contributed by atoms with Crippen LogP contribution in [0.1, 0.15) is 16.3 Å². The lowest BCUT2D eigenvalue weighted by molar-refractivity contribution is 0.303. The fourth-order valence-electron chi connectivity index (χ4n) is 1.41. The SMILES string of the molecule is Cc1nc(COc2cccc(C)c2N)cs1. The van der Waals surface area contributed by atoms with Gasteiger partial charge in [-0.25, -0.2) is 4.98 Å². The number of hydrogen-bond acceptors (Lipinski definition) is 4. The number of anilines is 1. The summed E-state index contributed by atoms with van der Waals surface area (Å²) in [5.74, 6) is 0.727. The number of para-hydroxylation sites is 1. The van der Waals surface area contributed by atoms with Crippen molar-refractivity contribution in [3.8, 4) is 5.75 Å². The molecule has 0 aliphatic rings. The number of nitrogens with two attached hydrogens (primary N) is 1. The maximum atomic E-state index is 5.91. The normalized spacial score (nSPS) is 10.4. The van der Waals surface area contributed by atoms with Gasteiger partial charge in [-0.1, -0.05) is 12.1 Å². The molecular weight excluding hydrogens is 220 g/mol. The van der Waals surface area contributed by atoms with Crippen molar-refractivity contribution in [1.82, 2.24) is 4.98 Å². The summed E-state index contributed by atoms with van der Waals surface area (Å²) in [5.41, 5.74) is 8.59. The van der Waals surface area contributed by atoms with E-state index in [1.165, 1.54) is 0 Å². The van der Waals surface area contributed by atoms with E-state index >= 15 is 0 Å². The van der Waals surface area contributed by atoms with Crippen LogP contribution >= 0.6 is 11.3 Å². The van der Waals surface area contributed by atoms with E-state index < -0.39 is 0 Å². The second-order valence-electron chi connectivity index (χ2n) is 3.63. The summed E-state index contributed by atoms with van der Waals surface area (Å²) in [6.45, 7) is 4.42. The van der Waals surface area contributed by atoms with E-state index in [9.17, 15) is 0 Å². The first kappa shape index (κ1) is 11.0. The van der Waals surface area contributed by atoms with Gasteiger partial charge >= 0.3 is 0 Å². The van der Waals surface area contributed by atoms with Crippen LogP contribution in [0.25, 0.3) is 0 Å². The van der Waals surface area contributed by atoms with Crippen LogP contribution in [0.4, 0.5) is 5.69 Å². The number of hydrogen-bond donors (Lipinski definition) is 1. The van der Waals surface area contributed by atoms with Gasteiger partial charge < -0.3 is 10.5 Å². The van der Waals surface area contributed by atoms with E-state index in [0.717, 1.165) is 22.0 Å². The van der Waals surface area contributed by atoms with Gasteiger partial charge in [-0.15, -0.1) is 11.3 Å². The number of benzene rings is 1. The predicted octanol–water partition coefficient (Wildman–Crippen LogP) is 2.92. The maximum absolute atomic E-state index is 5.91. The molecule has 2 N–H and O–H groups in total. The van der Waals surface area contributed by atoms with Crippen molar-refractivity contribution in [2.45, 2.75) is 20.5 Å². The van der Waals surface area contributed by atoms with Crippen molar-refractivity contribution in [2.75, 3.05) is 5.73 Å². The van der Waals surface area contributed by atoms with E-state index in [4.69, 9.17) is 10.5 Å². The topological polar surface area (TPSA) is 48.1 Å². The summed E-state index contributed by atoms with van der Waals surface area (Å²) < 4.78 is 5.64. The van der Waals surface area contributed by atoms with Crippen molar-refractivity contribution in [2.24, 2.45) is 0 Å². The number of thiazole rings is 1. The average molecular weight is 234 g/mol. The van der Waals surface area contributed by atoms with Crippen LogP contribution in [0.5, 0.6) is 5.75 Å². The summed E-state index contributed by atoms with van der Waals surface area (Å²) in [6.07, 6.45) is 0. The summed E-state index contributed by atoms with van der Waals surface area (Å²) >= 11 is 1.62. The number of aryl methyl sites for hydroxylation is 2. The van der Waals surface area contributed by atoms with Gasteiger partial charge in [0, 0.05) is 5.38 Å². The molecule has 0 spiro atoms. The van der Waals surface area contributed by atoms with Crippen LogP contribution in [0.15, 0.2) is 23.6 Å². The highest BCUT2D eigenvalue weighted by Gasteiger charge is 2.04. The van der Waals surface area contributed by atoms with Crippen LogP contribution in [-0.4, -0.2) is 4.98 Å². The summed E-state index contributed by atoms with van der Waals surface area (Å²) in [6, 6.07) is 5.78. The molecule has 0 bridgehead atoms. The van der Waals surface area contributed by atoms with Crippen molar-refractivity contribution >= 4 is 17.0 Å². The Balaban J connectivity index is 2.07. The Hall–Kier alpha value is -1.55. The molecule has 0 saturated heterocycles. The quantitative estimate of drug-likeness (QED) is 0.831. The fourth-order valence-corrected chi connectivity index (χ4v) is 2.00. The summed E-state index contributed by atoms with van der Waals surface area (Å²) in [7, 11) is 0. The predicted molar refractivity (Wildman–Crippen MR) is 66.8 cm³/mol. The molecule has 0 aliphatic carbocycles. The molecule has 1 aromatic carbocycles. The highest BCUT2D eigenvalue weighted by Crippen LogP contribution is 2.25. The van der Waals surface area contributed by atoms with E-state index in [0.29, 0.717) is 12.3 Å². The zero-order valence-corrected chi connectivity index (χ0v) is 10.2. The van der Waals surface area contributed by atoms with Gasteiger partial charge in [-0.2, -0.15) is 0 Å². The van der Waals surface area contributed by atoms with E-state index in [1.54, 1.807) is 11.3 Å². The third-order valence-electron chi connectivity index (χ3n) is 2.33. The third kappa shape index (κ3) is 2.33. The first-order valence-electron chi connectivity index (χ1n) is 5.05. The Labute approximate surface area is 98.9 Å². The fraction of sp³-hybridized carbons (Fsp3) is 0.250. The van der Waals surface area contributed by atoms with Crippen molar-refractivity contribution < 1.29 is 4.74 Å². The Morgan fingerprint density at radius 3 is 2.88 bits per heavy atom. The van der Waals surface area contributed by atoms with Gasteiger partial charge in [0.25, 0.3) is 0 Å². The number of ether oxygens (including phenoxy) is 1. The van der Waals surface area contributed by atoms with Gasteiger partial charge in [0.05, 0.1) is 16.4 Å². The van der Waals surface area contributed by atoms with Crippen LogP contribution in [-0.2, 0) is 6.61 Å². The molecule has 84 valence electrons. The van der Waals surface area contributed by atoms with Gasteiger partial charge in [-0.05, 0) is 25.5 Å². The highest BCUT2D eigenvalue weighted by atomic mass is 32.1. The first-order valence-corrected chi connectivity index (χ1v) is 5.93. The lowest BCUT2D eigenvalue weighted by Crippen LogP contribution is -2.00. The zero-order chi connectivity index (χ0) is 11.5. The lowest BCUT2D eigenvalue weighted by Gasteiger charge is -2.09. The molecule has 2 rings (SSSR count). The Morgan fingerprint density at radius 1 is 1.38 bits per heavy atom. The Morgan fingerprint density at radius 2 is 2.19 bits per heavy atom. The molecule has 0 aliphatic heterocycles. The molecule has 1 heterocycles. The monoisotopic (exact) mass is 234 g/mol. The van der Waals surface area contributed by atoms with Crippen molar-refractivity contribution in [1.29, 1.82) is 0 Å². The van der Waals surface area contributed by atoms with Gasteiger partial charge in [-0.3, -0.25) is 0 Å². The minimum atomic E-state index is 0.470. The zero-order valence-electron chi connectivity index (χ0n) is 9.36. The first-order chi connectivity index (χ1) is 7.66. The molecule has 0 radical (unpaired) electrons. The standard InChI is InChI=1S/C12H14N2OS/c1-8-4-3-5-11(12(8)13)15-6-10-7-16-9(2)14-10/h3-5,7H,6,13H2,1-2H3. The van der Waals surface area contributed by atoms with Gasteiger partial charge in [0.1, 0.15) is 12.4 Å². The number of aromatic nitrogens is 1. The molecule has 0 saturated carbocycles. The number of rotatable bonds is 3. The van der Waals surface area contributed by atoms with Crippen LogP contribution in [0, 0.1) is 13.8 Å². The molecule has 0 fully saturated rings. The van der Waals surface area contributed by atoms with E-state index in [2.05, 4.69) is 4.98 Å². The second kappa shape index (κ2) is 4.53. The molecule has 1 aromatic heterocycles. The Bertz CT molecular complexity index is 494. The van der Waals surface area contributed by atoms with Crippen LogP contribution in [0.3, 0.4) is 0 Å². The minimum absolute atomic E-state index is 0.470. The van der Waals surface area contributed by atoms with Gasteiger partial charge in [0.15, 0.2) is 0 Å². The molecule has 0 unspecified atom stereocenters. The largest absolute Gasteiger partial charge is 0.485 e. The Kier molecular flexibility index (Phi) is 3.10. The van der Waals surface area contributed by atoms with E-state index in [1.807, 2.05) is 37.4 Å². The molecule has 2 aromatic rings. The smallest absolute Gasteiger partial charge is 0.143 e. The van der Waals surface area contributed by atoms with Crippen LogP contribution < -0.4 is 10.5 Å². The van der Waals surface area contributed by atoms with Crippen molar-refractivity contribution in [3.63, 3.8) is 0 Å². The second-order valence-corrected chi connectivity index (χ2v) is 4.70. The molecule has 3 nitrogen and oxygen atoms in total. The summed E-state index contributed by atoms with van der Waals surface area (Å²) in [4.78, 5) is 4.33. The maximum Gasteiger partial charge on any atom is 0.143 e. The highest BCUT2D eigenvalue weighted by molar-refractivity contribution is 7.09. The minimum Gasteiger partial charge on any atom is -0.485 e. The van der Waals surface area contributed by atoms with E-state index in [-0.39, 0.29) is 0 Å². The molecular formula is C12H14N2OS. The number of nitrogens with zero attached hydrogens (tertiary/aromatic N) is 1. The van der Waals surface area contributed by atoms with Crippen LogP contribution in [0.2, 0.25) is 0 Å². The summed E-state index contributed by atoms with van der Waals surface area (Å²) in [5, 5.41) is 3.05. The van der Waals surface area contributed by atoms with Crippen molar-refractivity contribution in [3.05, 3.63) is 39.8 Å². The molecule has 16 heavy (non-hydrogen) atoms. The molecule has 0 atom stereocenters. The third-order valence-corrected chi connectivity index (χ3v) is 3.15. The van der Waals surface area contributed by atoms with Gasteiger partial charge in [0.2, 0.25) is 0 Å². The molecule has 4 heteroatoms. The average Bonchev–Trinajstić information content (AvgIpc) is 2.67.